The van der Waals surface area contributed by atoms with Crippen molar-refractivity contribution < 1.29 is 19.5 Å². The van der Waals surface area contributed by atoms with E-state index in [9.17, 15) is 29.1 Å². The Morgan fingerprint density at radius 1 is 0.929 bits per heavy atom. The Bertz CT molecular complexity index is 1080. The second kappa shape index (κ2) is 7.02. The van der Waals surface area contributed by atoms with Crippen molar-refractivity contribution in [2.75, 3.05) is 14.1 Å². The minimum atomic E-state index is -0.881. The molecule has 0 atom stereocenters. The number of carbonyl (C=O) groups is 3. The van der Waals surface area contributed by atoms with Crippen LogP contribution >= 0.6 is 0 Å². The molecule has 0 radical (unpaired) electrons. The van der Waals surface area contributed by atoms with Crippen LogP contribution in [0, 0.1) is 0 Å². The highest BCUT2D eigenvalue weighted by molar-refractivity contribution is 6.29. The Hall–Kier alpha value is -3.89. The summed E-state index contributed by atoms with van der Waals surface area (Å²) in [6.07, 6.45) is 3.76. The molecule has 0 saturated carbocycles. The molecule has 1 aliphatic carbocycles. The third kappa shape index (κ3) is 3.49. The van der Waals surface area contributed by atoms with Crippen LogP contribution < -0.4 is 21.9 Å². The lowest BCUT2D eigenvalue weighted by Gasteiger charge is -2.19. The number of urea groups is 1. The normalized spacial score (nSPS) is 18.4. The molecule has 0 unspecified atom stereocenters. The first-order chi connectivity index (χ1) is 13.2. The fourth-order valence-electron chi connectivity index (χ4n) is 3.14. The lowest BCUT2D eigenvalue weighted by atomic mass is 10.1. The molecule has 0 aromatic carbocycles. The zero-order chi connectivity index (χ0) is 20.6. The quantitative estimate of drug-likeness (QED) is 0.330. The van der Waals surface area contributed by atoms with E-state index in [2.05, 4.69) is 4.98 Å². The van der Waals surface area contributed by atoms with Crippen molar-refractivity contribution in [2.45, 2.75) is 12.8 Å². The van der Waals surface area contributed by atoms with Gasteiger partial charge in [0, 0.05) is 19.8 Å². The summed E-state index contributed by atoms with van der Waals surface area (Å²) >= 11 is 0. The number of nitrogens with zero attached hydrogens (tertiary/aromatic N) is 1. The zero-order valence-corrected chi connectivity index (χ0v) is 15.0. The molecule has 5 N–H and O–H groups in total. The minimum absolute atomic E-state index is 0.110. The number of hydrogen-bond donors (Lipinski definition) is 5. The number of aromatic hydroxyl groups is 1. The average molecular weight is 387 g/mol. The van der Waals surface area contributed by atoms with Crippen LogP contribution in [0.5, 0.6) is 5.88 Å². The summed E-state index contributed by atoms with van der Waals surface area (Å²) in [6, 6.07) is -0.881. The topological polar surface area (TPSA) is 164 Å². The number of allylic oxidation sites excluding steroid dienone is 3. The van der Waals surface area contributed by atoms with Crippen LogP contribution in [-0.2, 0) is 9.59 Å². The van der Waals surface area contributed by atoms with Gasteiger partial charge in [-0.15, -0.1) is 0 Å². The summed E-state index contributed by atoms with van der Waals surface area (Å²) in [5.41, 5.74) is 0.0668. The van der Waals surface area contributed by atoms with Crippen molar-refractivity contribution in [3.63, 3.8) is 0 Å². The number of aromatic nitrogens is 2. The second-order valence-corrected chi connectivity index (χ2v) is 6.40. The van der Waals surface area contributed by atoms with E-state index < -0.39 is 35.0 Å². The Morgan fingerprint density at radius 3 is 2.14 bits per heavy atom. The van der Waals surface area contributed by atoms with Crippen molar-refractivity contribution in [1.82, 2.24) is 25.5 Å². The molecule has 1 saturated heterocycles. The molecule has 1 aromatic heterocycles. The lowest BCUT2D eigenvalue weighted by molar-refractivity contribution is -0.124. The summed E-state index contributed by atoms with van der Waals surface area (Å²) in [5.74, 6) is -2.16. The molecule has 28 heavy (non-hydrogen) atoms. The Balaban J connectivity index is 2.09. The van der Waals surface area contributed by atoms with Gasteiger partial charge in [0.05, 0.1) is 0 Å². The van der Waals surface area contributed by atoms with E-state index in [1.54, 1.807) is 19.0 Å². The first-order valence-electron chi connectivity index (χ1n) is 8.22. The van der Waals surface area contributed by atoms with Crippen molar-refractivity contribution >= 4 is 23.9 Å². The highest BCUT2D eigenvalue weighted by atomic mass is 16.3. The molecule has 2 aliphatic rings. The number of amides is 4. The first-order valence-corrected chi connectivity index (χ1v) is 8.22. The molecule has 4 amide bonds. The number of H-pyrrole nitrogens is 2. The van der Waals surface area contributed by atoms with Gasteiger partial charge in [-0.3, -0.25) is 35.0 Å². The van der Waals surface area contributed by atoms with Crippen molar-refractivity contribution in [1.29, 1.82) is 0 Å². The van der Waals surface area contributed by atoms with Gasteiger partial charge in [-0.1, -0.05) is 0 Å². The summed E-state index contributed by atoms with van der Waals surface area (Å²) in [7, 11) is 3.49. The smallest absolute Gasteiger partial charge is 0.328 e. The van der Waals surface area contributed by atoms with Crippen LogP contribution in [0.2, 0.25) is 0 Å². The van der Waals surface area contributed by atoms with Crippen LogP contribution in [0.15, 0.2) is 38.1 Å². The number of hydrogen-bond acceptors (Lipinski definition) is 7. The molecule has 11 heteroatoms. The maximum absolute atomic E-state index is 12.0. The Labute approximate surface area is 157 Å². The monoisotopic (exact) mass is 387 g/mol. The number of imide groups is 2. The van der Waals surface area contributed by atoms with Gasteiger partial charge in [-0.25, -0.2) is 9.59 Å². The summed E-state index contributed by atoms with van der Waals surface area (Å²) in [4.78, 5) is 64.2. The van der Waals surface area contributed by atoms with Crippen LogP contribution in [0.25, 0.3) is 6.08 Å². The average Bonchev–Trinajstić information content (AvgIpc) is 2.96. The molecule has 11 nitrogen and oxygen atoms in total. The number of barbiturate groups is 1. The van der Waals surface area contributed by atoms with Crippen molar-refractivity contribution in [2.24, 2.45) is 0 Å². The molecule has 2 heterocycles. The van der Waals surface area contributed by atoms with E-state index in [-0.39, 0.29) is 11.1 Å². The highest BCUT2D eigenvalue weighted by Crippen LogP contribution is 2.35. The molecule has 3 rings (SSSR count). The number of carbonyl (C=O) groups excluding carboxylic acids is 3. The molecule has 0 bridgehead atoms. The van der Waals surface area contributed by atoms with Crippen molar-refractivity contribution in [3.8, 4) is 5.88 Å². The largest absolute Gasteiger partial charge is 0.494 e. The van der Waals surface area contributed by atoms with E-state index in [0.29, 0.717) is 29.7 Å². The highest BCUT2D eigenvalue weighted by Gasteiger charge is 2.30. The van der Waals surface area contributed by atoms with Gasteiger partial charge in [-0.2, -0.15) is 0 Å². The van der Waals surface area contributed by atoms with Gasteiger partial charge >= 0.3 is 11.7 Å². The third-order valence-electron chi connectivity index (χ3n) is 4.26. The predicted molar refractivity (Wildman–Crippen MR) is 97.0 cm³/mol. The van der Waals surface area contributed by atoms with Gasteiger partial charge < -0.3 is 10.0 Å². The predicted octanol–water partition coefficient (Wildman–Crippen LogP) is -0.946. The molecule has 146 valence electrons. The van der Waals surface area contributed by atoms with E-state index >= 15 is 0 Å². The van der Waals surface area contributed by atoms with E-state index in [1.165, 1.54) is 12.2 Å². The number of rotatable bonds is 3. The van der Waals surface area contributed by atoms with Crippen LogP contribution in [0.3, 0.4) is 0 Å². The number of likely N-dealkylation sites (N-methyl/N-ethyl adjacent to an activating group) is 1. The standard InChI is InChI=1S/C17H17N5O6/c1-22(2)11-7(5-9-12(23)18-16(27)19-13(9)24)3-4-8(11)6-10-14(25)20-17(28)21-15(10)26/h5-6H,3-4H2,1-2H3,(H2,18,19,23,24,27)(H3,20,21,25,26,28). The molecular formula is C17H17N5O6. The maximum atomic E-state index is 12.0. The Kier molecular flexibility index (Phi) is 4.74. The zero-order valence-electron chi connectivity index (χ0n) is 15.0. The molecule has 1 aromatic rings. The summed E-state index contributed by atoms with van der Waals surface area (Å²) in [5, 5.41) is 13.9. The van der Waals surface area contributed by atoms with Gasteiger partial charge in [-0.05, 0) is 36.1 Å². The molecular weight excluding hydrogens is 370 g/mol. The van der Waals surface area contributed by atoms with E-state index in [4.69, 9.17) is 0 Å². The first kappa shape index (κ1) is 18.9. The maximum Gasteiger partial charge on any atom is 0.328 e. The van der Waals surface area contributed by atoms with Crippen molar-refractivity contribution in [3.05, 3.63) is 54.9 Å². The molecule has 1 aliphatic heterocycles. The SMILES string of the molecule is CN(C)C1=C(C=C2C(=O)NC(=O)NC2=O)CCC1=Cc1c(O)[nH]c(=O)[nH]c1=O. The second-order valence-electron chi connectivity index (χ2n) is 6.40. The number of nitrogens with one attached hydrogen (secondary N) is 4. The summed E-state index contributed by atoms with van der Waals surface area (Å²) in [6.45, 7) is 0. The lowest BCUT2D eigenvalue weighted by Crippen LogP contribution is -2.51. The number of aromatic amines is 2. The van der Waals surface area contributed by atoms with Crippen LogP contribution in [-0.4, -0.2) is 51.9 Å². The van der Waals surface area contributed by atoms with E-state index in [1.807, 2.05) is 15.6 Å². The van der Waals surface area contributed by atoms with Gasteiger partial charge in [0.1, 0.15) is 11.1 Å². The van der Waals surface area contributed by atoms with Gasteiger partial charge in [0.25, 0.3) is 17.4 Å². The van der Waals surface area contributed by atoms with Gasteiger partial charge in [0.15, 0.2) is 0 Å². The third-order valence-corrected chi connectivity index (χ3v) is 4.26. The van der Waals surface area contributed by atoms with Crippen LogP contribution in [0.4, 0.5) is 4.79 Å². The molecule has 0 spiro atoms. The van der Waals surface area contributed by atoms with Crippen LogP contribution in [0.1, 0.15) is 18.4 Å². The van der Waals surface area contributed by atoms with Gasteiger partial charge in [0.2, 0.25) is 5.88 Å². The summed E-state index contributed by atoms with van der Waals surface area (Å²) < 4.78 is 0. The van der Waals surface area contributed by atoms with E-state index in [0.717, 1.165) is 0 Å². The Morgan fingerprint density at radius 2 is 1.57 bits per heavy atom. The molecule has 1 fully saturated rings. The fourth-order valence-corrected chi connectivity index (χ4v) is 3.14. The minimum Gasteiger partial charge on any atom is -0.494 e. The fraction of sp³-hybridized carbons (Fsp3) is 0.235.